The van der Waals surface area contributed by atoms with Crippen LogP contribution in [0.3, 0.4) is 0 Å². The highest BCUT2D eigenvalue weighted by molar-refractivity contribution is 7.13. The summed E-state index contributed by atoms with van der Waals surface area (Å²) in [7, 11) is 0. The van der Waals surface area contributed by atoms with Gasteiger partial charge in [0.05, 0.1) is 6.54 Å². The van der Waals surface area contributed by atoms with Crippen LogP contribution in [-0.2, 0) is 13.1 Å². The van der Waals surface area contributed by atoms with Gasteiger partial charge in [-0.25, -0.2) is 0 Å². The minimum absolute atomic E-state index is 0.0708. The normalized spacial score (nSPS) is 12.0. The number of amides is 1. The van der Waals surface area contributed by atoms with Gasteiger partial charge in [0, 0.05) is 17.6 Å². The summed E-state index contributed by atoms with van der Waals surface area (Å²) in [5.74, 6) is -0.210. The highest BCUT2D eigenvalue weighted by Gasteiger charge is 2.14. The monoisotopic (exact) mass is 400 g/mol. The van der Waals surface area contributed by atoms with Crippen molar-refractivity contribution in [2.24, 2.45) is 0 Å². The van der Waals surface area contributed by atoms with Gasteiger partial charge >= 0.3 is 0 Å². The number of nitrogens with one attached hydrogen (secondary N) is 2. The van der Waals surface area contributed by atoms with Crippen molar-refractivity contribution >= 4 is 28.8 Å². The first-order valence-corrected chi connectivity index (χ1v) is 9.86. The zero-order valence-electron chi connectivity index (χ0n) is 15.2. The van der Waals surface area contributed by atoms with Crippen LogP contribution in [0.5, 0.6) is 0 Å². The molecule has 0 fully saturated rings. The van der Waals surface area contributed by atoms with E-state index in [1.54, 1.807) is 0 Å². The van der Waals surface area contributed by atoms with Crippen LogP contribution >= 0.6 is 22.9 Å². The van der Waals surface area contributed by atoms with Crippen molar-refractivity contribution in [2.45, 2.75) is 33.0 Å². The molecule has 1 unspecified atom stereocenters. The molecule has 0 saturated carbocycles. The van der Waals surface area contributed by atoms with Crippen LogP contribution in [-0.4, -0.2) is 16.1 Å². The van der Waals surface area contributed by atoms with Gasteiger partial charge in [-0.2, -0.15) is 0 Å². The lowest BCUT2D eigenvalue weighted by Crippen LogP contribution is -2.22. The number of nitrogens with zero attached hydrogens (tertiary/aromatic N) is 2. The Hall–Kier alpha value is -2.28. The summed E-state index contributed by atoms with van der Waals surface area (Å²) >= 11 is 7.51. The molecule has 27 heavy (non-hydrogen) atoms. The maximum atomic E-state index is 12.3. The first kappa shape index (κ1) is 19.5. The van der Waals surface area contributed by atoms with Crippen LogP contribution < -0.4 is 10.6 Å². The molecule has 0 aliphatic carbocycles. The zero-order valence-corrected chi connectivity index (χ0v) is 16.8. The maximum absolute atomic E-state index is 12.3. The van der Waals surface area contributed by atoms with Gasteiger partial charge in [-0.3, -0.25) is 4.79 Å². The zero-order chi connectivity index (χ0) is 19.2. The molecule has 2 aromatic carbocycles. The SMILES string of the molecule is Cc1ccc(CNC(=O)c2nnc(CNC(C)c3ccccc3Cl)s2)cc1. The van der Waals surface area contributed by atoms with E-state index in [4.69, 9.17) is 11.6 Å². The molecule has 0 aliphatic rings. The lowest BCUT2D eigenvalue weighted by Gasteiger charge is -2.14. The van der Waals surface area contributed by atoms with Crippen molar-refractivity contribution in [3.63, 3.8) is 0 Å². The number of hydrogen-bond donors (Lipinski definition) is 2. The van der Waals surface area contributed by atoms with E-state index in [-0.39, 0.29) is 11.9 Å². The van der Waals surface area contributed by atoms with Crippen molar-refractivity contribution in [1.29, 1.82) is 0 Å². The van der Waals surface area contributed by atoms with Crippen molar-refractivity contribution < 1.29 is 4.79 Å². The van der Waals surface area contributed by atoms with Gasteiger partial charge in [0.1, 0.15) is 5.01 Å². The lowest BCUT2D eigenvalue weighted by atomic mass is 10.1. The molecule has 0 spiro atoms. The molecular formula is C20H21ClN4OS. The highest BCUT2D eigenvalue weighted by Crippen LogP contribution is 2.22. The number of rotatable bonds is 7. The fourth-order valence-electron chi connectivity index (χ4n) is 2.56. The van der Waals surface area contributed by atoms with Gasteiger partial charge in [-0.05, 0) is 31.0 Å². The number of halogens is 1. The van der Waals surface area contributed by atoms with Crippen LogP contribution in [0.1, 0.15) is 44.5 Å². The minimum Gasteiger partial charge on any atom is -0.346 e. The Balaban J connectivity index is 1.52. The van der Waals surface area contributed by atoms with E-state index >= 15 is 0 Å². The van der Waals surface area contributed by atoms with E-state index in [0.29, 0.717) is 18.1 Å². The van der Waals surface area contributed by atoms with Gasteiger partial charge in [0.25, 0.3) is 5.91 Å². The Morgan fingerprint density at radius 3 is 2.59 bits per heavy atom. The van der Waals surface area contributed by atoms with Crippen LogP contribution in [0.4, 0.5) is 0 Å². The van der Waals surface area contributed by atoms with E-state index in [1.807, 2.05) is 62.4 Å². The lowest BCUT2D eigenvalue weighted by molar-refractivity contribution is 0.0950. The van der Waals surface area contributed by atoms with E-state index in [9.17, 15) is 4.79 Å². The molecule has 7 heteroatoms. The third-order valence-corrected chi connectivity index (χ3v) is 5.43. The molecule has 0 aliphatic heterocycles. The van der Waals surface area contributed by atoms with Gasteiger partial charge in [0.2, 0.25) is 5.01 Å². The van der Waals surface area contributed by atoms with Crippen molar-refractivity contribution in [2.75, 3.05) is 0 Å². The highest BCUT2D eigenvalue weighted by atomic mass is 35.5. The van der Waals surface area contributed by atoms with E-state index < -0.39 is 0 Å². The Kier molecular flexibility index (Phi) is 6.55. The quantitative estimate of drug-likeness (QED) is 0.621. The van der Waals surface area contributed by atoms with Gasteiger partial charge in [0.15, 0.2) is 0 Å². The average Bonchev–Trinajstić information content (AvgIpc) is 3.15. The molecule has 1 amide bonds. The smallest absolute Gasteiger partial charge is 0.282 e. The number of carbonyl (C=O) groups excluding carboxylic acids is 1. The van der Waals surface area contributed by atoms with Gasteiger partial charge < -0.3 is 10.6 Å². The van der Waals surface area contributed by atoms with Crippen molar-refractivity contribution in [1.82, 2.24) is 20.8 Å². The van der Waals surface area contributed by atoms with E-state index in [1.165, 1.54) is 16.9 Å². The fraction of sp³-hybridized carbons (Fsp3) is 0.250. The van der Waals surface area contributed by atoms with Crippen LogP contribution in [0.15, 0.2) is 48.5 Å². The number of carbonyl (C=O) groups is 1. The molecule has 140 valence electrons. The largest absolute Gasteiger partial charge is 0.346 e. The molecule has 1 atom stereocenters. The predicted octanol–water partition coefficient (Wildman–Crippen LogP) is 4.28. The van der Waals surface area contributed by atoms with Crippen molar-refractivity contribution in [3.8, 4) is 0 Å². The van der Waals surface area contributed by atoms with Gasteiger partial charge in [-0.1, -0.05) is 71.0 Å². The third-order valence-electron chi connectivity index (χ3n) is 4.17. The fourth-order valence-corrected chi connectivity index (χ4v) is 3.56. The second kappa shape index (κ2) is 9.08. The van der Waals surface area contributed by atoms with Crippen LogP contribution in [0.2, 0.25) is 5.02 Å². The maximum Gasteiger partial charge on any atom is 0.282 e. The second-order valence-corrected chi connectivity index (χ2v) is 7.76. The molecular weight excluding hydrogens is 380 g/mol. The average molecular weight is 401 g/mol. The van der Waals surface area contributed by atoms with Gasteiger partial charge in [-0.15, -0.1) is 10.2 Å². The second-order valence-electron chi connectivity index (χ2n) is 6.29. The minimum atomic E-state index is -0.210. The Morgan fingerprint density at radius 1 is 1.11 bits per heavy atom. The van der Waals surface area contributed by atoms with Crippen LogP contribution in [0.25, 0.3) is 0 Å². The number of aromatic nitrogens is 2. The molecule has 0 bridgehead atoms. The summed E-state index contributed by atoms with van der Waals surface area (Å²) in [6.45, 7) is 5.06. The molecule has 3 aromatic rings. The summed E-state index contributed by atoms with van der Waals surface area (Å²) in [5, 5.41) is 16.2. The molecule has 1 heterocycles. The number of benzene rings is 2. The molecule has 0 saturated heterocycles. The van der Waals surface area contributed by atoms with E-state index in [2.05, 4.69) is 20.8 Å². The topological polar surface area (TPSA) is 66.9 Å². The van der Waals surface area contributed by atoms with Crippen molar-refractivity contribution in [3.05, 3.63) is 80.3 Å². The third kappa shape index (κ3) is 5.35. The molecule has 2 N–H and O–H groups in total. The Labute approximate surface area is 167 Å². The van der Waals surface area contributed by atoms with E-state index in [0.717, 1.165) is 21.2 Å². The standard InChI is InChI=1S/C20H21ClN4OS/c1-13-7-9-15(10-8-13)11-23-19(26)20-25-24-18(27-20)12-22-14(2)16-5-3-4-6-17(16)21/h3-10,14,22H,11-12H2,1-2H3,(H,23,26). The number of hydrogen-bond acceptors (Lipinski definition) is 5. The predicted molar refractivity (Wildman–Crippen MR) is 109 cm³/mol. The summed E-state index contributed by atoms with van der Waals surface area (Å²) in [6, 6.07) is 15.8. The Bertz CT molecular complexity index is 910. The molecule has 5 nitrogen and oxygen atoms in total. The Morgan fingerprint density at radius 2 is 1.85 bits per heavy atom. The molecule has 3 rings (SSSR count). The molecule has 0 radical (unpaired) electrons. The van der Waals surface area contributed by atoms with Crippen LogP contribution in [0, 0.1) is 6.92 Å². The molecule has 1 aromatic heterocycles. The first-order chi connectivity index (χ1) is 13.0. The number of aryl methyl sites for hydroxylation is 1. The summed E-state index contributed by atoms with van der Waals surface area (Å²) < 4.78 is 0. The summed E-state index contributed by atoms with van der Waals surface area (Å²) in [5.41, 5.74) is 3.27. The summed E-state index contributed by atoms with van der Waals surface area (Å²) in [6.07, 6.45) is 0. The first-order valence-electron chi connectivity index (χ1n) is 8.67. The summed E-state index contributed by atoms with van der Waals surface area (Å²) in [4.78, 5) is 12.3.